The standard InChI is InChI=1S/C14H19F3O/c1-4-9-7-10(5-2)12(11(6-3)8-9)13(18)14(15,16)17/h7-8,13,18H,4-6H2,1-3H3. The molecule has 0 amide bonds. The molecule has 1 N–H and O–H groups in total. The van der Waals surface area contributed by atoms with Crippen LogP contribution < -0.4 is 0 Å². The summed E-state index contributed by atoms with van der Waals surface area (Å²) in [6.45, 7) is 5.58. The third kappa shape index (κ3) is 3.05. The van der Waals surface area contributed by atoms with Crippen molar-refractivity contribution < 1.29 is 18.3 Å². The molecule has 1 nitrogen and oxygen atoms in total. The summed E-state index contributed by atoms with van der Waals surface area (Å²) in [6.07, 6.45) is -5.23. The molecular formula is C14H19F3O. The van der Waals surface area contributed by atoms with Crippen LogP contribution in [-0.2, 0) is 19.3 Å². The Bertz CT molecular complexity index is 385. The maximum Gasteiger partial charge on any atom is 0.418 e. The number of aliphatic hydroxyl groups is 1. The van der Waals surface area contributed by atoms with E-state index in [9.17, 15) is 18.3 Å². The van der Waals surface area contributed by atoms with E-state index in [1.807, 2.05) is 6.92 Å². The van der Waals surface area contributed by atoms with Crippen molar-refractivity contribution >= 4 is 0 Å². The molecular weight excluding hydrogens is 241 g/mol. The highest BCUT2D eigenvalue weighted by Gasteiger charge is 2.41. The second-order valence-corrected chi connectivity index (χ2v) is 4.33. The van der Waals surface area contributed by atoms with Crippen LogP contribution in [0, 0.1) is 0 Å². The van der Waals surface area contributed by atoms with Gasteiger partial charge >= 0.3 is 6.18 Å². The van der Waals surface area contributed by atoms with E-state index in [0.717, 1.165) is 12.0 Å². The fourth-order valence-electron chi connectivity index (χ4n) is 2.16. The molecule has 0 saturated carbocycles. The minimum atomic E-state index is -4.61. The van der Waals surface area contributed by atoms with Crippen molar-refractivity contribution in [1.29, 1.82) is 0 Å². The first kappa shape index (κ1) is 15.0. The highest BCUT2D eigenvalue weighted by Crippen LogP contribution is 2.37. The first-order valence-corrected chi connectivity index (χ1v) is 6.24. The lowest BCUT2D eigenvalue weighted by Crippen LogP contribution is -2.23. The number of halogens is 3. The summed E-state index contributed by atoms with van der Waals surface area (Å²) in [4.78, 5) is 0. The predicted molar refractivity (Wildman–Crippen MR) is 65.6 cm³/mol. The van der Waals surface area contributed by atoms with Gasteiger partial charge in [0.15, 0.2) is 6.10 Å². The highest BCUT2D eigenvalue weighted by atomic mass is 19.4. The smallest absolute Gasteiger partial charge is 0.379 e. The molecule has 1 aromatic carbocycles. The highest BCUT2D eigenvalue weighted by molar-refractivity contribution is 5.41. The maximum absolute atomic E-state index is 12.7. The topological polar surface area (TPSA) is 20.2 Å². The summed E-state index contributed by atoms with van der Waals surface area (Å²) < 4.78 is 38.1. The molecule has 0 saturated heterocycles. The number of benzene rings is 1. The number of hydrogen-bond donors (Lipinski definition) is 1. The van der Waals surface area contributed by atoms with Gasteiger partial charge in [-0.25, -0.2) is 0 Å². The lowest BCUT2D eigenvalue weighted by molar-refractivity contribution is -0.207. The molecule has 0 spiro atoms. The molecule has 0 radical (unpaired) electrons. The van der Waals surface area contributed by atoms with Gasteiger partial charge in [0.05, 0.1) is 0 Å². The number of aliphatic hydroxyl groups excluding tert-OH is 1. The Morgan fingerprint density at radius 2 is 1.44 bits per heavy atom. The van der Waals surface area contributed by atoms with Gasteiger partial charge in [-0.1, -0.05) is 32.9 Å². The van der Waals surface area contributed by atoms with Gasteiger partial charge < -0.3 is 5.11 Å². The van der Waals surface area contributed by atoms with Crippen LogP contribution in [0.5, 0.6) is 0 Å². The van der Waals surface area contributed by atoms with Crippen molar-refractivity contribution in [2.45, 2.75) is 52.3 Å². The van der Waals surface area contributed by atoms with Gasteiger partial charge in [-0.15, -0.1) is 0 Å². The average Bonchev–Trinajstić information content (AvgIpc) is 2.34. The van der Waals surface area contributed by atoms with E-state index in [0.29, 0.717) is 24.0 Å². The van der Waals surface area contributed by atoms with E-state index in [-0.39, 0.29) is 5.56 Å². The third-order valence-corrected chi connectivity index (χ3v) is 3.16. The monoisotopic (exact) mass is 260 g/mol. The number of hydrogen-bond acceptors (Lipinski definition) is 1. The Morgan fingerprint density at radius 3 is 1.72 bits per heavy atom. The van der Waals surface area contributed by atoms with Gasteiger partial charge in [-0.05, 0) is 41.5 Å². The van der Waals surface area contributed by atoms with Crippen LogP contribution in [-0.4, -0.2) is 11.3 Å². The van der Waals surface area contributed by atoms with Gasteiger partial charge in [-0.3, -0.25) is 0 Å². The molecule has 0 aliphatic rings. The minimum absolute atomic E-state index is 0.0460. The lowest BCUT2D eigenvalue weighted by Gasteiger charge is -2.22. The van der Waals surface area contributed by atoms with E-state index in [4.69, 9.17) is 0 Å². The fraction of sp³-hybridized carbons (Fsp3) is 0.571. The quantitative estimate of drug-likeness (QED) is 0.868. The van der Waals surface area contributed by atoms with Crippen LogP contribution in [0.4, 0.5) is 13.2 Å². The number of rotatable bonds is 4. The maximum atomic E-state index is 12.7. The zero-order valence-corrected chi connectivity index (χ0v) is 10.9. The van der Waals surface area contributed by atoms with Crippen LogP contribution in [0.3, 0.4) is 0 Å². The predicted octanol–water partition coefficient (Wildman–Crippen LogP) is 3.97. The molecule has 0 aromatic heterocycles. The Kier molecular flexibility index (Phi) is 4.79. The van der Waals surface area contributed by atoms with E-state index < -0.39 is 12.3 Å². The van der Waals surface area contributed by atoms with Gasteiger partial charge in [0.2, 0.25) is 0 Å². The van der Waals surface area contributed by atoms with Crippen LogP contribution in [0.2, 0.25) is 0 Å². The van der Waals surface area contributed by atoms with Crippen molar-refractivity contribution in [1.82, 2.24) is 0 Å². The first-order valence-electron chi connectivity index (χ1n) is 6.24. The summed E-state index contributed by atoms with van der Waals surface area (Å²) in [5.41, 5.74) is 2.25. The largest absolute Gasteiger partial charge is 0.418 e. The lowest BCUT2D eigenvalue weighted by atomic mass is 9.90. The molecule has 1 unspecified atom stereocenters. The van der Waals surface area contributed by atoms with Crippen molar-refractivity contribution in [2.24, 2.45) is 0 Å². The molecule has 0 aliphatic heterocycles. The summed E-state index contributed by atoms with van der Waals surface area (Å²) in [6, 6.07) is 3.53. The van der Waals surface area contributed by atoms with E-state index in [1.54, 1.807) is 26.0 Å². The Morgan fingerprint density at radius 1 is 1.00 bits per heavy atom. The van der Waals surface area contributed by atoms with E-state index >= 15 is 0 Å². The second-order valence-electron chi connectivity index (χ2n) is 4.33. The first-order chi connectivity index (χ1) is 8.35. The van der Waals surface area contributed by atoms with Gasteiger partial charge in [-0.2, -0.15) is 13.2 Å². The van der Waals surface area contributed by atoms with E-state index in [2.05, 4.69) is 0 Å². The molecule has 0 aliphatic carbocycles. The Hall–Kier alpha value is -1.03. The van der Waals surface area contributed by atoms with Crippen molar-refractivity contribution in [3.8, 4) is 0 Å². The summed E-state index contributed by atoms with van der Waals surface area (Å²) in [5.74, 6) is 0. The molecule has 102 valence electrons. The fourth-order valence-corrected chi connectivity index (χ4v) is 2.16. The van der Waals surface area contributed by atoms with Gasteiger partial charge in [0.1, 0.15) is 0 Å². The molecule has 18 heavy (non-hydrogen) atoms. The molecule has 0 bridgehead atoms. The van der Waals surface area contributed by atoms with Crippen molar-refractivity contribution in [2.75, 3.05) is 0 Å². The summed E-state index contributed by atoms with van der Waals surface area (Å²) >= 11 is 0. The summed E-state index contributed by atoms with van der Waals surface area (Å²) in [7, 11) is 0. The third-order valence-electron chi connectivity index (χ3n) is 3.16. The Labute approximate surface area is 106 Å². The van der Waals surface area contributed by atoms with Crippen molar-refractivity contribution in [3.63, 3.8) is 0 Å². The van der Waals surface area contributed by atoms with Crippen LogP contribution in [0.1, 0.15) is 49.1 Å². The van der Waals surface area contributed by atoms with Crippen LogP contribution in [0.25, 0.3) is 0 Å². The average molecular weight is 260 g/mol. The molecule has 1 rings (SSSR count). The Balaban J connectivity index is 3.40. The van der Waals surface area contributed by atoms with Crippen LogP contribution >= 0.6 is 0 Å². The molecule has 0 heterocycles. The normalized spacial score (nSPS) is 13.7. The molecule has 4 heteroatoms. The molecule has 0 fully saturated rings. The van der Waals surface area contributed by atoms with E-state index in [1.165, 1.54) is 0 Å². The van der Waals surface area contributed by atoms with Crippen LogP contribution in [0.15, 0.2) is 12.1 Å². The zero-order valence-electron chi connectivity index (χ0n) is 10.9. The molecule has 1 atom stereocenters. The number of aryl methyl sites for hydroxylation is 3. The second kappa shape index (κ2) is 5.74. The SMILES string of the molecule is CCc1cc(CC)c(C(O)C(F)(F)F)c(CC)c1. The zero-order chi connectivity index (χ0) is 13.9. The number of alkyl halides is 3. The van der Waals surface area contributed by atoms with Gasteiger partial charge in [0, 0.05) is 0 Å². The molecule has 1 aromatic rings. The summed E-state index contributed by atoms with van der Waals surface area (Å²) in [5, 5.41) is 9.52. The van der Waals surface area contributed by atoms with Gasteiger partial charge in [0.25, 0.3) is 0 Å². The van der Waals surface area contributed by atoms with Crippen molar-refractivity contribution in [3.05, 3.63) is 34.4 Å². The minimum Gasteiger partial charge on any atom is -0.379 e.